The molecule has 0 saturated heterocycles. The first-order valence-electron chi connectivity index (χ1n) is 16.5. The minimum atomic E-state index is -0.278. The minimum absolute atomic E-state index is 0.0880. The highest BCUT2D eigenvalue weighted by molar-refractivity contribution is 8.76. The zero-order valence-corrected chi connectivity index (χ0v) is 34.7. The Bertz CT molecular complexity index is 1250. The van der Waals surface area contributed by atoms with Crippen molar-refractivity contribution in [3.05, 3.63) is 72.4 Å². The maximum absolute atomic E-state index is 10.8. The van der Waals surface area contributed by atoms with Gasteiger partial charge in [-0.2, -0.15) is 0 Å². The van der Waals surface area contributed by atoms with Crippen LogP contribution in [-0.4, -0.2) is 59.1 Å². The Morgan fingerprint density at radius 3 is 1.76 bits per heavy atom. The summed E-state index contributed by atoms with van der Waals surface area (Å²) >= 11 is 0. The van der Waals surface area contributed by atoms with Crippen LogP contribution in [0, 0.1) is 12.3 Å². The molecule has 1 aromatic heterocycles. The average Bonchev–Trinajstić information content (AvgIpc) is 2.98. The smallest absolute Gasteiger partial charge is 0.243 e. The first kappa shape index (κ1) is 49.3. The van der Waals surface area contributed by atoms with Gasteiger partial charge in [0.1, 0.15) is 5.03 Å². The highest BCUT2D eigenvalue weighted by Gasteiger charge is 2.13. The molecule has 2 rings (SSSR count). The van der Waals surface area contributed by atoms with E-state index in [1.165, 1.54) is 11.6 Å². The van der Waals surface area contributed by atoms with Gasteiger partial charge in [-0.25, -0.2) is 4.98 Å². The zero-order valence-electron chi connectivity index (χ0n) is 33.1. The molecule has 0 aliphatic carbocycles. The van der Waals surface area contributed by atoms with Crippen molar-refractivity contribution in [2.45, 2.75) is 130 Å². The third-order valence-electron chi connectivity index (χ3n) is 5.41. The Kier molecular flexibility index (Phi) is 24.8. The number of amides is 2. The monoisotopic (exact) mass is 731 g/mol. The molecule has 50 heavy (non-hydrogen) atoms. The number of hydrogen-bond acceptors (Lipinski definition) is 9. The van der Waals surface area contributed by atoms with Crippen molar-refractivity contribution in [1.82, 2.24) is 26.3 Å². The van der Waals surface area contributed by atoms with Crippen LogP contribution in [0.1, 0.15) is 107 Å². The van der Waals surface area contributed by atoms with E-state index in [2.05, 4.69) is 92.4 Å². The number of methoxy groups -OCH3 is 2. The molecule has 2 amide bonds. The fraction of sp³-hybridized carbons (Fsp3) is 0.564. The molecule has 0 spiro atoms. The quantitative estimate of drug-likeness (QED) is 0.0600. The lowest BCUT2D eigenvalue weighted by Crippen LogP contribution is -2.40. The molecule has 0 aliphatic heterocycles. The third-order valence-corrected chi connectivity index (χ3v) is 7.42. The molecule has 1 aromatic carbocycles. The molecule has 0 radical (unpaired) electrons. The van der Waals surface area contributed by atoms with Crippen molar-refractivity contribution >= 4 is 33.4 Å². The van der Waals surface area contributed by atoms with Gasteiger partial charge in [-0.05, 0) is 118 Å². The molecule has 2 aromatic rings. The second-order valence-corrected chi connectivity index (χ2v) is 17.5. The lowest BCUT2D eigenvalue weighted by atomic mass is 10.1. The topological polar surface area (TPSA) is 114 Å². The summed E-state index contributed by atoms with van der Waals surface area (Å²) in [6.45, 7) is 28.7. The fourth-order valence-corrected chi connectivity index (χ4v) is 5.16. The van der Waals surface area contributed by atoms with Crippen LogP contribution >= 0.6 is 21.6 Å². The largest absolute Gasteiger partial charge is 0.352 e. The predicted molar refractivity (Wildman–Crippen MR) is 215 cm³/mol. The number of benzene rings is 1. The molecular weight excluding hydrogens is 667 g/mol. The molecule has 0 bridgehead atoms. The molecule has 282 valence electrons. The summed E-state index contributed by atoms with van der Waals surface area (Å²) in [5.74, 6) is 3.00. The van der Waals surface area contributed by atoms with Crippen molar-refractivity contribution in [2.24, 2.45) is 0 Å². The van der Waals surface area contributed by atoms with E-state index in [9.17, 15) is 9.59 Å². The van der Waals surface area contributed by atoms with Crippen molar-refractivity contribution in [2.75, 3.05) is 20.1 Å². The number of nitrogens with zero attached hydrogens (tertiary/aromatic N) is 1. The standard InChI is InChI=1S/C14H23NO2.C10H16N2S2.C8H13NO.C7H13NO/c1-14(2,3)15-10-11-6-8-12(9-7-11)13(16-4)17-5;1-10(2,3)12-8-13-14-9-6-4-5-7-11-9;1-5-6-7(10)9-8(2,3)4;1-5-6(9)8-7(2,3)4/h6-9,13,15H,10H2,1-5H3;4-7,12H,8H2,1-3H3;1H,6H2,2-4H3,(H,9,10);5H,1H2,2-4H3,(H,8,9). The van der Waals surface area contributed by atoms with Gasteiger partial charge in [0, 0.05) is 54.7 Å². The van der Waals surface area contributed by atoms with Crippen molar-refractivity contribution < 1.29 is 19.1 Å². The number of pyridine rings is 1. The van der Waals surface area contributed by atoms with E-state index in [1.54, 1.807) is 35.8 Å². The Morgan fingerprint density at radius 1 is 0.840 bits per heavy atom. The Balaban J connectivity index is 0. The number of carbonyl (C=O) groups excluding carboxylic acids is 2. The Labute approximate surface area is 312 Å². The molecular formula is C39H65N5O4S2. The van der Waals surface area contributed by atoms with Crippen molar-refractivity contribution in [1.29, 1.82) is 0 Å². The summed E-state index contributed by atoms with van der Waals surface area (Å²) in [5, 5.41) is 13.4. The van der Waals surface area contributed by atoms with Crippen LogP contribution in [-0.2, 0) is 25.6 Å². The minimum Gasteiger partial charge on any atom is -0.352 e. The third kappa shape index (κ3) is 32.4. The van der Waals surface area contributed by atoms with E-state index in [-0.39, 0.29) is 46.7 Å². The van der Waals surface area contributed by atoms with E-state index in [4.69, 9.17) is 15.9 Å². The number of carbonyl (C=O) groups is 2. The maximum atomic E-state index is 10.8. The Morgan fingerprint density at radius 2 is 1.38 bits per heavy atom. The van der Waals surface area contributed by atoms with E-state index in [0.29, 0.717) is 0 Å². The van der Waals surface area contributed by atoms with Gasteiger partial charge in [0.2, 0.25) is 11.8 Å². The number of aromatic nitrogens is 1. The summed E-state index contributed by atoms with van der Waals surface area (Å²) in [7, 11) is 6.76. The molecule has 9 nitrogen and oxygen atoms in total. The number of rotatable bonds is 11. The van der Waals surface area contributed by atoms with Gasteiger partial charge in [-0.3, -0.25) is 9.59 Å². The van der Waals surface area contributed by atoms with Crippen LogP contribution in [0.3, 0.4) is 0 Å². The second kappa shape index (κ2) is 25.2. The van der Waals surface area contributed by atoms with Gasteiger partial charge >= 0.3 is 0 Å². The highest BCUT2D eigenvalue weighted by atomic mass is 33.1. The van der Waals surface area contributed by atoms with Crippen LogP contribution in [0.5, 0.6) is 0 Å². The Hall–Kier alpha value is -2.85. The lowest BCUT2D eigenvalue weighted by molar-refractivity contribution is -0.121. The van der Waals surface area contributed by atoms with E-state index >= 15 is 0 Å². The summed E-state index contributed by atoms with van der Waals surface area (Å²) in [6, 6.07) is 14.2. The first-order valence-corrected chi connectivity index (χ1v) is 18.8. The van der Waals surface area contributed by atoms with Gasteiger partial charge in [-0.15, -0.1) is 6.42 Å². The van der Waals surface area contributed by atoms with Crippen LogP contribution in [0.25, 0.3) is 0 Å². The number of hydrogen-bond donors (Lipinski definition) is 4. The maximum Gasteiger partial charge on any atom is 0.243 e. The SMILES string of the molecule is C#CCC(=O)NC(C)(C)C.C=CC(=O)NC(C)(C)C.CC(C)(C)NCSSc1ccccn1.COC(OC)c1ccc(CNC(C)(C)C)cc1. The van der Waals surface area contributed by atoms with Gasteiger partial charge in [-0.1, -0.05) is 53.6 Å². The first-order chi connectivity index (χ1) is 22.9. The van der Waals surface area contributed by atoms with Gasteiger partial charge in [0.25, 0.3) is 0 Å². The van der Waals surface area contributed by atoms with Gasteiger partial charge in [0.15, 0.2) is 6.29 Å². The van der Waals surface area contributed by atoms with E-state index < -0.39 is 0 Å². The molecule has 4 N–H and O–H groups in total. The zero-order chi connectivity index (χ0) is 39.0. The predicted octanol–water partition coefficient (Wildman–Crippen LogP) is 8.05. The molecule has 0 unspecified atom stereocenters. The fourth-order valence-electron chi connectivity index (χ4n) is 3.24. The van der Waals surface area contributed by atoms with E-state index in [1.807, 2.05) is 78.1 Å². The summed E-state index contributed by atoms with van der Waals surface area (Å²) in [4.78, 5) is 25.6. The van der Waals surface area contributed by atoms with Crippen LogP contribution in [0.15, 0.2) is 66.3 Å². The van der Waals surface area contributed by atoms with Gasteiger partial charge < -0.3 is 30.7 Å². The number of ether oxygens (including phenoxy) is 2. The molecule has 1 heterocycles. The van der Waals surface area contributed by atoms with Crippen LogP contribution in [0.4, 0.5) is 0 Å². The molecule has 11 heteroatoms. The lowest BCUT2D eigenvalue weighted by Gasteiger charge is -2.21. The summed E-state index contributed by atoms with van der Waals surface area (Å²) in [6.07, 6.45) is 7.91. The number of terminal acetylenes is 1. The molecule has 0 aliphatic rings. The molecule has 0 atom stereocenters. The van der Waals surface area contributed by atoms with Crippen molar-refractivity contribution in [3.63, 3.8) is 0 Å². The van der Waals surface area contributed by atoms with Crippen LogP contribution < -0.4 is 21.3 Å². The second-order valence-electron chi connectivity index (χ2n) is 15.2. The normalized spacial score (nSPS) is 11.3. The average molecular weight is 732 g/mol. The van der Waals surface area contributed by atoms with E-state index in [0.717, 1.165) is 23.0 Å². The van der Waals surface area contributed by atoms with Gasteiger partial charge in [0.05, 0.1) is 12.3 Å². The molecule has 0 fully saturated rings. The van der Waals surface area contributed by atoms with Crippen molar-refractivity contribution in [3.8, 4) is 12.3 Å². The highest BCUT2D eigenvalue weighted by Crippen LogP contribution is 2.28. The number of nitrogens with one attached hydrogen (secondary N) is 4. The summed E-state index contributed by atoms with van der Waals surface area (Å²) in [5.41, 5.74) is 2.31. The summed E-state index contributed by atoms with van der Waals surface area (Å²) < 4.78 is 10.4. The molecule has 0 saturated carbocycles. The van der Waals surface area contributed by atoms with Crippen LogP contribution in [0.2, 0.25) is 0 Å².